The van der Waals surface area contributed by atoms with Gasteiger partial charge in [0, 0.05) is 15.5 Å². The molecule has 2 N–H and O–H groups in total. The average Bonchev–Trinajstić information content (AvgIpc) is 2.29. The van der Waals surface area contributed by atoms with Crippen LogP contribution in [0, 0.1) is 0 Å². The second kappa shape index (κ2) is 5.50. The van der Waals surface area contributed by atoms with Crippen LogP contribution in [0.5, 0.6) is 0 Å². The molecule has 1 heterocycles. The van der Waals surface area contributed by atoms with E-state index in [2.05, 4.69) is 21.2 Å². The number of hydrogen-bond donors (Lipinski definition) is 2. The molecular weight excluding hydrogens is 289 g/mol. The van der Waals surface area contributed by atoms with E-state index in [-0.39, 0.29) is 6.04 Å². The Bertz CT molecular complexity index is 366. The van der Waals surface area contributed by atoms with Crippen molar-refractivity contribution in [2.75, 3.05) is 6.54 Å². The Morgan fingerprint density at radius 2 is 2.25 bits per heavy atom. The maximum absolute atomic E-state index is 10.3. The monoisotopic (exact) mass is 303 g/mol. The lowest BCUT2D eigenvalue weighted by Gasteiger charge is -2.28. The molecule has 0 saturated carbocycles. The first kappa shape index (κ1) is 12.4. The lowest BCUT2D eigenvalue weighted by molar-refractivity contribution is 0.113. The van der Waals surface area contributed by atoms with E-state index >= 15 is 0 Å². The van der Waals surface area contributed by atoms with E-state index in [1.807, 2.05) is 18.2 Å². The van der Waals surface area contributed by atoms with E-state index in [1.54, 1.807) is 0 Å². The molecule has 2 unspecified atom stereocenters. The third-order valence-electron chi connectivity index (χ3n) is 3.01. The zero-order valence-corrected chi connectivity index (χ0v) is 11.3. The molecule has 0 radical (unpaired) electrons. The van der Waals surface area contributed by atoms with Crippen LogP contribution in [0.15, 0.2) is 22.7 Å². The van der Waals surface area contributed by atoms with E-state index in [1.165, 1.54) is 12.8 Å². The van der Waals surface area contributed by atoms with E-state index < -0.39 is 6.10 Å². The van der Waals surface area contributed by atoms with Crippen molar-refractivity contribution in [1.82, 2.24) is 5.32 Å². The summed E-state index contributed by atoms with van der Waals surface area (Å²) in [6.45, 7) is 0.993. The summed E-state index contributed by atoms with van der Waals surface area (Å²) in [5, 5.41) is 14.3. The van der Waals surface area contributed by atoms with E-state index in [4.69, 9.17) is 11.6 Å². The molecule has 0 amide bonds. The van der Waals surface area contributed by atoms with Crippen LogP contribution in [0.25, 0.3) is 0 Å². The SMILES string of the molecule is OC(c1ccc(Cl)cc1Br)C1CCCCN1. The smallest absolute Gasteiger partial charge is 0.0953 e. The van der Waals surface area contributed by atoms with Crippen molar-refractivity contribution in [3.63, 3.8) is 0 Å². The van der Waals surface area contributed by atoms with Gasteiger partial charge in [-0.05, 0) is 37.1 Å². The van der Waals surface area contributed by atoms with Crippen LogP contribution in [0.3, 0.4) is 0 Å². The Kier molecular flexibility index (Phi) is 4.25. The zero-order chi connectivity index (χ0) is 11.5. The van der Waals surface area contributed by atoms with Crippen LogP contribution < -0.4 is 5.32 Å². The Balaban J connectivity index is 2.15. The van der Waals surface area contributed by atoms with Gasteiger partial charge in [0.15, 0.2) is 0 Å². The quantitative estimate of drug-likeness (QED) is 0.879. The molecule has 1 fully saturated rings. The van der Waals surface area contributed by atoms with Gasteiger partial charge in [-0.25, -0.2) is 0 Å². The molecule has 2 atom stereocenters. The summed E-state index contributed by atoms with van der Waals surface area (Å²) in [4.78, 5) is 0. The zero-order valence-electron chi connectivity index (χ0n) is 8.92. The summed E-state index contributed by atoms with van der Waals surface area (Å²) in [6.07, 6.45) is 2.94. The van der Waals surface area contributed by atoms with Crippen molar-refractivity contribution in [2.24, 2.45) is 0 Å². The molecule has 1 saturated heterocycles. The fourth-order valence-electron chi connectivity index (χ4n) is 2.11. The van der Waals surface area contributed by atoms with Crippen molar-refractivity contribution in [3.05, 3.63) is 33.3 Å². The van der Waals surface area contributed by atoms with Gasteiger partial charge in [0.1, 0.15) is 0 Å². The van der Waals surface area contributed by atoms with Gasteiger partial charge in [-0.2, -0.15) is 0 Å². The molecule has 1 aromatic carbocycles. The number of halogens is 2. The summed E-state index contributed by atoms with van der Waals surface area (Å²) < 4.78 is 0.875. The normalized spacial score (nSPS) is 23.1. The van der Waals surface area contributed by atoms with E-state index in [0.29, 0.717) is 5.02 Å². The number of nitrogens with one attached hydrogen (secondary N) is 1. The van der Waals surface area contributed by atoms with Crippen LogP contribution in [0.2, 0.25) is 5.02 Å². The van der Waals surface area contributed by atoms with Crippen LogP contribution >= 0.6 is 27.5 Å². The molecule has 1 aliphatic rings. The second-order valence-corrected chi connectivity index (χ2v) is 5.46. The molecule has 2 rings (SSSR count). The van der Waals surface area contributed by atoms with E-state index in [9.17, 15) is 5.11 Å². The van der Waals surface area contributed by atoms with Gasteiger partial charge in [0.2, 0.25) is 0 Å². The molecule has 1 aliphatic heterocycles. The first-order chi connectivity index (χ1) is 7.68. The van der Waals surface area contributed by atoms with Crippen LogP contribution in [-0.4, -0.2) is 17.7 Å². The van der Waals surface area contributed by atoms with Gasteiger partial charge in [-0.3, -0.25) is 0 Å². The molecule has 0 spiro atoms. The summed E-state index contributed by atoms with van der Waals surface area (Å²) >= 11 is 9.32. The number of aliphatic hydroxyl groups excluding tert-OH is 1. The van der Waals surface area contributed by atoms with Crippen molar-refractivity contribution in [3.8, 4) is 0 Å². The molecule has 4 heteroatoms. The Labute approximate surface area is 109 Å². The van der Waals surface area contributed by atoms with E-state index in [0.717, 1.165) is 23.0 Å². The van der Waals surface area contributed by atoms with Crippen molar-refractivity contribution in [1.29, 1.82) is 0 Å². The maximum atomic E-state index is 10.3. The van der Waals surface area contributed by atoms with Crippen molar-refractivity contribution < 1.29 is 5.11 Å². The van der Waals surface area contributed by atoms with Crippen LogP contribution in [0.1, 0.15) is 30.9 Å². The minimum atomic E-state index is -0.466. The molecule has 0 aromatic heterocycles. The van der Waals surface area contributed by atoms with Crippen molar-refractivity contribution >= 4 is 27.5 Å². The van der Waals surface area contributed by atoms with Gasteiger partial charge in [-0.1, -0.05) is 40.0 Å². The highest BCUT2D eigenvalue weighted by molar-refractivity contribution is 9.10. The third kappa shape index (κ3) is 2.77. The number of hydrogen-bond acceptors (Lipinski definition) is 2. The van der Waals surface area contributed by atoms with Gasteiger partial charge in [0.05, 0.1) is 6.10 Å². The number of rotatable bonds is 2. The average molecular weight is 305 g/mol. The van der Waals surface area contributed by atoms with Crippen LogP contribution in [-0.2, 0) is 0 Å². The third-order valence-corrected chi connectivity index (χ3v) is 3.93. The summed E-state index contributed by atoms with van der Waals surface area (Å²) in [5.74, 6) is 0. The lowest BCUT2D eigenvalue weighted by atomic mass is 9.95. The largest absolute Gasteiger partial charge is 0.387 e. The Hall–Kier alpha value is -0.0900. The minimum absolute atomic E-state index is 0.159. The van der Waals surface area contributed by atoms with Crippen molar-refractivity contribution in [2.45, 2.75) is 31.4 Å². The highest BCUT2D eigenvalue weighted by atomic mass is 79.9. The molecule has 0 aliphatic carbocycles. The number of piperidine rings is 1. The summed E-state index contributed by atoms with van der Waals surface area (Å²) in [7, 11) is 0. The minimum Gasteiger partial charge on any atom is -0.387 e. The Morgan fingerprint density at radius 3 is 2.88 bits per heavy atom. The second-order valence-electron chi connectivity index (χ2n) is 4.17. The topological polar surface area (TPSA) is 32.3 Å². The van der Waals surface area contributed by atoms with Gasteiger partial charge < -0.3 is 10.4 Å². The van der Waals surface area contributed by atoms with Gasteiger partial charge in [0.25, 0.3) is 0 Å². The fourth-order valence-corrected chi connectivity index (χ4v) is 3.02. The predicted molar refractivity (Wildman–Crippen MR) is 69.8 cm³/mol. The fraction of sp³-hybridized carbons (Fsp3) is 0.500. The summed E-state index contributed by atoms with van der Waals surface area (Å²) in [5.41, 5.74) is 0.906. The number of aliphatic hydroxyl groups is 1. The Morgan fingerprint density at radius 1 is 1.44 bits per heavy atom. The molecule has 1 aromatic rings. The molecule has 88 valence electrons. The van der Waals surface area contributed by atoms with Gasteiger partial charge >= 0.3 is 0 Å². The maximum Gasteiger partial charge on any atom is 0.0953 e. The predicted octanol–water partition coefficient (Wildman–Crippen LogP) is 3.28. The lowest BCUT2D eigenvalue weighted by Crippen LogP contribution is -2.38. The van der Waals surface area contributed by atoms with Crippen LogP contribution in [0.4, 0.5) is 0 Å². The van der Waals surface area contributed by atoms with Gasteiger partial charge in [-0.15, -0.1) is 0 Å². The standard InChI is InChI=1S/C12H15BrClNO/c13-10-7-8(14)4-5-9(10)12(16)11-3-1-2-6-15-11/h4-5,7,11-12,15-16H,1-3,6H2. The molecule has 2 nitrogen and oxygen atoms in total. The highest BCUT2D eigenvalue weighted by Crippen LogP contribution is 2.30. The molecule has 16 heavy (non-hydrogen) atoms. The first-order valence-corrected chi connectivity index (χ1v) is 6.72. The summed E-state index contributed by atoms with van der Waals surface area (Å²) in [6, 6.07) is 5.68. The first-order valence-electron chi connectivity index (χ1n) is 5.55. The number of benzene rings is 1. The molecular formula is C12H15BrClNO. The highest BCUT2D eigenvalue weighted by Gasteiger charge is 2.24. The molecule has 0 bridgehead atoms.